The standard InChI is InChI=1S/C11H23N3O2/c1-9(3-4-11(15)13-12)14-6-5-10(7-14)8-16-2/h9-10H,3-8,12H2,1-2H3,(H,13,15). The molecule has 0 saturated carbocycles. The van der Waals surface area contributed by atoms with Crippen molar-refractivity contribution in [3.05, 3.63) is 0 Å². The summed E-state index contributed by atoms with van der Waals surface area (Å²) in [5, 5.41) is 0. The van der Waals surface area contributed by atoms with Gasteiger partial charge in [-0.05, 0) is 32.2 Å². The summed E-state index contributed by atoms with van der Waals surface area (Å²) in [6.45, 7) is 5.20. The van der Waals surface area contributed by atoms with E-state index in [1.54, 1.807) is 7.11 Å². The van der Waals surface area contributed by atoms with Crippen molar-refractivity contribution in [2.75, 3.05) is 26.8 Å². The Kier molecular flexibility index (Phi) is 5.73. The fourth-order valence-electron chi connectivity index (χ4n) is 2.23. The topological polar surface area (TPSA) is 67.6 Å². The maximum absolute atomic E-state index is 11.0. The summed E-state index contributed by atoms with van der Waals surface area (Å²) in [5.74, 6) is 5.61. The highest BCUT2D eigenvalue weighted by Crippen LogP contribution is 2.20. The molecule has 1 rings (SSSR count). The highest BCUT2D eigenvalue weighted by Gasteiger charge is 2.25. The zero-order chi connectivity index (χ0) is 12.0. The average molecular weight is 229 g/mol. The van der Waals surface area contributed by atoms with Crippen LogP contribution in [0.2, 0.25) is 0 Å². The van der Waals surface area contributed by atoms with Gasteiger partial charge in [0.05, 0.1) is 6.61 Å². The van der Waals surface area contributed by atoms with Crippen LogP contribution in [0.4, 0.5) is 0 Å². The van der Waals surface area contributed by atoms with Crippen LogP contribution in [-0.2, 0) is 9.53 Å². The highest BCUT2D eigenvalue weighted by atomic mass is 16.5. The number of carbonyl (C=O) groups excluding carboxylic acids is 1. The maximum atomic E-state index is 11.0. The third-order valence-corrected chi connectivity index (χ3v) is 3.29. The van der Waals surface area contributed by atoms with Crippen LogP contribution in [0, 0.1) is 5.92 Å². The number of methoxy groups -OCH3 is 1. The molecule has 0 aliphatic carbocycles. The van der Waals surface area contributed by atoms with Crippen molar-refractivity contribution >= 4 is 5.91 Å². The molecule has 5 heteroatoms. The number of carbonyl (C=O) groups is 1. The quantitative estimate of drug-likeness (QED) is 0.385. The summed E-state index contributed by atoms with van der Waals surface area (Å²) in [6, 6.07) is 0.444. The second kappa shape index (κ2) is 6.83. The Morgan fingerprint density at radius 3 is 3.06 bits per heavy atom. The minimum absolute atomic E-state index is 0.0838. The number of hydrogen-bond acceptors (Lipinski definition) is 4. The Bertz CT molecular complexity index is 223. The Labute approximate surface area is 97.3 Å². The van der Waals surface area contributed by atoms with Gasteiger partial charge in [0.2, 0.25) is 5.91 Å². The number of hydrogen-bond donors (Lipinski definition) is 2. The van der Waals surface area contributed by atoms with Crippen molar-refractivity contribution in [1.29, 1.82) is 0 Å². The summed E-state index contributed by atoms with van der Waals surface area (Å²) in [7, 11) is 1.75. The number of nitrogens with one attached hydrogen (secondary N) is 1. The highest BCUT2D eigenvalue weighted by molar-refractivity contribution is 5.75. The van der Waals surface area contributed by atoms with Gasteiger partial charge in [0.25, 0.3) is 0 Å². The number of likely N-dealkylation sites (tertiary alicyclic amines) is 1. The second-order valence-corrected chi connectivity index (χ2v) is 4.56. The van der Waals surface area contributed by atoms with Crippen molar-refractivity contribution in [2.24, 2.45) is 11.8 Å². The van der Waals surface area contributed by atoms with E-state index in [4.69, 9.17) is 10.6 Å². The average Bonchev–Trinajstić information content (AvgIpc) is 2.74. The molecule has 1 saturated heterocycles. The van der Waals surface area contributed by atoms with Crippen molar-refractivity contribution in [1.82, 2.24) is 10.3 Å². The van der Waals surface area contributed by atoms with Crippen molar-refractivity contribution in [2.45, 2.75) is 32.2 Å². The summed E-state index contributed by atoms with van der Waals surface area (Å²) in [6.07, 6.45) is 2.56. The van der Waals surface area contributed by atoms with Gasteiger partial charge >= 0.3 is 0 Å². The van der Waals surface area contributed by atoms with E-state index < -0.39 is 0 Å². The molecule has 1 heterocycles. The van der Waals surface area contributed by atoms with Gasteiger partial charge in [-0.15, -0.1) is 0 Å². The van der Waals surface area contributed by atoms with Gasteiger partial charge in [0.1, 0.15) is 0 Å². The first-order valence-electron chi connectivity index (χ1n) is 5.89. The SMILES string of the molecule is COCC1CCN(C(C)CCC(=O)NN)C1. The summed E-state index contributed by atoms with van der Waals surface area (Å²) >= 11 is 0. The van der Waals surface area contributed by atoms with Crippen LogP contribution in [-0.4, -0.2) is 43.7 Å². The van der Waals surface area contributed by atoms with Gasteiger partial charge in [-0.25, -0.2) is 5.84 Å². The van der Waals surface area contributed by atoms with E-state index in [-0.39, 0.29) is 5.91 Å². The fourth-order valence-corrected chi connectivity index (χ4v) is 2.23. The van der Waals surface area contributed by atoms with Gasteiger partial charge < -0.3 is 9.64 Å². The van der Waals surface area contributed by atoms with E-state index in [9.17, 15) is 4.79 Å². The predicted octanol–water partition coefficient (Wildman–Crippen LogP) is 0.113. The molecule has 3 N–H and O–H groups in total. The molecule has 0 aromatic heterocycles. The normalized spacial score (nSPS) is 23.3. The van der Waals surface area contributed by atoms with E-state index in [2.05, 4.69) is 17.2 Å². The molecule has 0 radical (unpaired) electrons. The Hall–Kier alpha value is -0.650. The first-order chi connectivity index (χ1) is 7.67. The molecule has 0 spiro atoms. The van der Waals surface area contributed by atoms with Crippen molar-refractivity contribution in [3.63, 3.8) is 0 Å². The van der Waals surface area contributed by atoms with Gasteiger partial charge in [0, 0.05) is 26.1 Å². The van der Waals surface area contributed by atoms with Gasteiger partial charge in [-0.3, -0.25) is 10.2 Å². The van der Waals surface area contributed by atoms with E-state index in [0.717, 1.165) is 26.1 Å². The fraction of sp³-hybridized carbons (Fsp3) is 0.909. The molecular weight excluding hydrogens is 206 g/mol. The summed E-state index contributed by atoms with van der Waals surface area (Å²) < 4.78 is 5.16. The first-order valence-corrected chi connectivity index (χ1v) is 5.89. The smallest absolute Gasteiger partial charge is 0.233 e. The molecule has 1 aliphatic rings. The molecule has 0 aromatic rings. The molecule has 16 heavy (non-hydrogen) atoms. The number of nitrogens with two attached hydrogens (primary N) is 1. The van der Waals surface area contributed by atoms with Gasteiger partial charge in [0.15, 0.2) is 0 Å². The number of amides is 1. The molecule has 0 bridgehead atoms. The molecule has 2 atom stereocenters. The largest absolute Gasteiger partial charge is 0.384 e. The monoisotopic (exact) mass is 229 g/mol. The molecule has 0 aromatic carbocycles. The first kappa shape index (κ1) is 13.4. The van der Waals surface area contributed by atoms with Crippen LogP contribution >= 0.6 is 0 Å². The Morgan fingerprint density at radius 1 is 1.69 bits per heavy atom. The van der Waals surface area contributed by atoms with Crippen LogP contribution < -0.4 is 11.3 Å². The number of ether oxygens (including phenoxy) is 1. The van der Waals surface area contributed by atoms with E-state index in [0.29, 0.717) is 18.4 Å². The molecule has 94 valence electrons. The van der Waals surface area contributed by atoms with E-state index >= 15 is 0 Å². The molecule has 5 nitrogen and oxygen atoms in total. The summed E-state index contributed by atoms with van der Waals surface area (Å²) in [5.41, 5.74) is 2.16. The third-order valence-electron chi connectivity index (χ3n) is 3.29. The minimum atomic E-state index is -0.0838. The summed E-state index contributed by atoms with van der Waals surface area (Å²) in [4.78, 5) is 13.4. The van der Waals surface area contributed by atoms with E-state index in [1.807, 2.05) is 0 Å². The lowest BCUT2D eigenvalue weighted by molar-refractivity contribution is -0.121. The van der Waals surface area contributed by atoms with Crippen LogP contribution in [0.25, 0.3) is 0 Å². The molecule has 2 unspecified atom stereocenters. The second-order valence-electron chi connectivity index (χ2n) is 4.56. The lowest BCUT2D eigenvalue weighted by atomic mass is 10.1. The third kappa shape index (κ3) is 4.08. The molecule has 1 aliphatic heterocycles. The zero-order valence-corrected chi connectivity index (χ0v) is 10.2. The van der Waals surface area contributed by atoms with Crippen molar-refractivity contribution < 1.29 is 9.53 Å². The molecule has 1 fully saturated rings. The van der Waals surface area contributed by atoms with Crippen LogP contribution in [0.15, 0.2) is 0 Å². The number of hydrazine groups is 1. The molecular formula is C11H23N3O2. The van der Waals surface area contributed by atoms with Crippen LogP contribution in [0.5, 0.6) is 0 Å². The molecule has 1 amide bonds. The Morgan fingerprint density at radius 2 is 2.44 bits per heavy atom. The van der Waals surface area contributed by atoms with Crippen LogP contribution in [0.3, 0.4) is 0 Å². The minimum Gasteiger partial charge on any atom is -0.384 e. The van der Waals surface area contributed by atoms with Crippen molar-refractivity contribution in [3.8, 4) is 0 Å². The predicted molar refractivity (Wildman–Crippen MR) is 62.6 cm³/mol. The number of nitrogens with zero attached hydrogens (tertiary/aromatic N) is 1. The Balaban J connectivity index is 2.22. The lowest BCUT2D eigenvalue weighted by Gasteiger charge is -2.24. The van der Waals surface area contributed by atoms with Crippen LogP contribution in [0.1, 0.15) is 26.2 Å². The zero-order valence-electron chi connectivity index (χ0n) is 10.2. The van der Waals surface area contributed by atoms with Gasteiger partial charge in [-0.1, -0.05) is 0 Å². The lowest BCUT2D eigenvalue weighted by Crippen LogP contribution is -2.34. The maximum Gasteiger partial charge on any atom is 0.233 e. The number of rotatable bonds is 6. The van der Waals surface area contributed by atoms with Gasteiger partial charge in [-0.2, -0.15) is 0 Å². The van der Waals surface area contributed by atoms with E-state index in [1.165, 1.54) is 6.42 Å².